The van der Waals surface area contributed by atoms with E-state index in [1.165, 1.54) is 7.11 Å². The number of sulfonamides is 1. The maximum absolute atomic E-state index is 12.9. The van der Waals surface area contributed by atoms with Gasteiger partial charge in [0.1, 0.15) is 0 Å². The summed E-state index contributed by atoms with van der Waals surface area (Å²) in [6.07, 6.45) is 2.46. The van der Waals surface area contributed by atoms with Crippen molar-refractivity contribution in [3.63, 3.8) is 0 Å². The standard InChI is InChI=1S/C23H26N2O4S/c1-24-22-16-21(15-12-18(22)9-8-17-6-4-3-5-7-17)30(27,28)25-20-13-10-19(11-14-20)23(26)29-2/h3-7,12,15-16,19-20,24-25H,10-11,13-14H2,1-2H3/t19-,20-. The van der Waals surface area contributed by atoms with Crippen molar-refractivity contribution in [3.8, 4) is 11.8 Å². The molecule has 1 fully saturated rings. The minimum absolute atomic E-state index is 0.144. The highest BCUT2D eigenvalue weighted by Crippen LogP contribution is 2.27. The van der Waals surface area contributed by atoms with Crippen LogP contribution in [0.5, 0.6) is 0 Å². The second-order valence-electron chi connectivity index (χ2n) is 7.27. The third kappa shape index (κ3) is 5.41. The molecule has 3 rings (SSSR count). The number of benzene rings is 2. The van der Waals surface area contributed by atoms with Crippen molar-refractivity contribution in [1.82, 2.24) is 4.72 Å². The van der Waals surface area contributed by atoms with Gasteiger partial charge in [-0.2, -0.15) is 0 Å². The summed E-state index contributed by atoms with van der Waals surface area (Å²) in [5, 5.41) is 3.03. The second kappa shape index (κ2) is 9.79. The second-order valence-corrected chi connectivity index (χ2v) is 8.98. The molecule has 6 nitrogen and oxygen atoms in total. The normalized spacial score (nSPS) is 18.7. The molecule has 2 aromatic rings. The first-order valence-corrected chi connectivity index (χ1v) is 11.4. The van der Waals surface area contributed by atoms with E-state index in [1.807, 2.05) is 30.3 Å². The Balaban J connectivity index is 1.72. The van der Waals surface area contributed by atoms with Crippen LogP contribution >= 0.6 is 0 Å². The summed E-state index contributed by atoms with van der Waals surface area (Å²) in [7, 11) is -0.558. The Morgan fingerprint density at radius 1 is 1.03 bits per heavy atom. The van der Waals surface area contributed by atoms with Crippen LogP contribution in [0.15, 0.2) is 53.4 Å². The summed E-state index contributed by atoms with van der Waals surface area (Å²) in [6, 6.07) is 14.3. The van der Waals surface area contributed by atoms with Crippen LogP contribution in [-0.4, -0.2) is 34.6 Å². The molecule has 7 heteroatoms. The zero-order valence-corrected chi connectivity index (χ0v) is 18.0. The van der Waals surface area contributed by atoms with Gasteiger partial charge in [-0.3, -0.25) is 4.79 Å². The molecule has 0 heterocycles. The average molecular weight is 427 g/mol. The molecule has 0 saturated heterocycles. The van der Waals surface area contributed by atoms with Gasteiger partial charge in [-0.25, -0.2) is 13.1 Å². The minimum atomic E-state index is -3.67. The van der Waals surface area contributed by atoms with Gasteiger partial charge in [0.25, 0.3) is 0 Å². The topological polar surface area (TPSA) is 84.5 Å². The number of nitrogens with one attached hydrogen (secondary N) is 2. The fraction of sp³-hybridized carbons (Fsp3) is 0.348. The van der Waals surface area contributed by atoms with Crippen LogP contribution in [0.4, 0.5) is 5.69 Å². The molecule has 1 aliphatic carbocycles. The highest BCUT2D eigenvalue weighted by atomic mass is 32.2. The maximum atomic E-state index is 12.9. The molecule has 0 radical (unpaired) electrons. The van der Waals surface area contributed by atoms with Gasteiger partial charge in [-0.1, -0.05) is 30.0 Å². The van der Waals surface area contributed by atoms with Crippen molar-refractivity contribution in [2.45, 2.75) is 36.6 Å². The van der Waals surface area contributed by atoms with Crippen LogP contribution in [0.25, 0.3) is 0 Å². The van der Waals surface area contributed by atoms with E-state index in [0.29, 0.717) is 31.4 Å². The van der Waals surface area contributed by atoms with Crippen LogP contribution in [0, 0.1) is 17.8 Å². The summed E-state index contributed by atoms with van der Waals surface area (Å²) >= 11 is 0. The molecular weight excluding hydrogens is 400 g/mol. The number of hydrogen-bond donors (Lipinski definition) is 2. The van der Waals surface area contributed by atoms with E-state index in [0.717, 1.165) is 11.1 Å². The number of anilines is 1. The summed E-state index contributed by atoms with van der Waals surface area (Å²) in [6.45, 7) is 0. The molecule has 0 bridgehead atoms. The zero-order chi connectivity index (χ0) is 21.6. The van der Waals surface area contributed by atoms with Gasteiger partial charge in [0.2, 0.25) is 10.0 Å². The monoisotopic (exact) mass is 426 g/mol. The SMILES string of the molecule is CNc1cc(S(=O)(=O)N[C@H]2CC[C@H](C(=O)OC)CC2)ccc1C#Cc1ccccc1. The van der Waals surface area contributed by atoms with Gasteiger partial charge in [-0.15, -0.1) is 0 Å². The number of carbonyl (C=O) groups excluding carboxylic acids is 1. The Labute approximate surface area is 178 Å². The fourth-order valence-electron chi connectivity index (χ4n) is 3.57. The van der Waals surface area contributed by atoms with Crippen LogP contribution < -0.4 is 10.0 Å². The van der Waals surface area contributed by atoms with Crippen molar-refractivity contribution >= 4 is 21.7 Å². The Hall–Kier alpha value is -2.82. The van der Waals surface area contributed by atoms with Crippen molar-refractivity contribution in [1.29, 1.82) is 0 Å². The summed E-state index contributed by atoms with van der Waals surface area (Å²) in [5.74, 6) is 5.81. The molecule has 0 aromatic heterocycles. The van der Waals surface area contributed by atoms with Gasteiger partial charge >= 0.3 is 5.97 Å². The van der Waals surface area contributed by atoms with Gasteiger partial charge in [-0.05, 0) is 56.0 Å². The first-order valence-electron chi connectivity index (χ1n) is 9.92. The van der Waals surface area contributed by atoms with Crippen LogP contribution in [0.1, 0.15) is 36.8 Å². The van der Waals surface area contributed by atoms with Crippen molar-refractivity contribution in [2.75, 3.05) is 19.5 Å². The van der Waals surface area contributed by atoms with Crippen molar-refractivity contribution in [2.24, 2.45) is 5.92 Å². The van der Waals surface area contributed by atoms with E-state index >= 15 is 0 Å². The Bertz CT molecular complexity index is 1050. The Morgan fingerprint density at radius 3 is 2.37 bits per heavy atom. The largest absolute Gasteiger partial charge is 0.469 e. The lowest BCUT2D eigenvalue weighted by molar-refractivity contribution is -0.146. The molecule has 158 valence electrons. The van der Waals surface area contributed by atoms with Gasteiger partial charge < -0.3 is 10.1 Å². The summed E-state index contributed by atoms with van der Waals surface area (Å²) in [4.78, 5) is 11.8. The maximum Gasteiger partial charge on any atom is 0.308 e. The fourth-order valence-corrected chi connectivity index (χ4v) is 4.90. The number of ether oxygens (including phenoxy) is 1. The van der Waals surface area contributed by atoms with Crippen molar-refractivity contribution < 1.29 is 17.9 Å². The molecule has 0 spiro atoms. The van der Waals surface area contributed by atoms with Gasteiger partial charge in [0, 0.05) is 24.2 Å². The lowest BCUT2D eigenvalue weighted by Gasteiger charge is -2.27. The zero-order valence-electron chi connectivity index (χ0n) is 17.1. The predicted molar refractivity (Wildman–Crippen MR) is 116 cm³/mol. The van der Waals surface area contributed by atoms with E-state index in [4.69, 9.17) is 4.74 Å². The van der Waals surface area contributed by atoms with Crippen LogP contribution in [0.3, 0.4) is 0 Å². The van der Waals surface area contributed by atoms with Crippen molar-refractivity contribution in [3.05, 3.63) is 59.7 Å². The Kier molecular flexibility index (Phi) is 7.14. The minimum Gasteiger partial charge on any atom is -0.469 e. The predicted octanol–water partition coefficient (Wildman–Crippen LogP) is 3.14. The third-order valence-electron chi connectivity index (χ3n) is 5.27. The molecule has 1 aliphatic rings. The molecular formula is C23H26N2O4S. The van der Waals surface area contributed by atoms with Gasteiger partial charge in [0.05, 0.1) is 23.6 Å². The van der Waals surface area contributed by atoms with E-state index in [1.54, 1.807) is 25.2 Å². The summed E-state index contributed by atoms with van der Waals surface area (Å²) in [5.41, 5.74) is 2.26. The average Bonchev–Trinajstić information content (AvgIpc) is 2.78. The first-order chi connectivity index (χ1) is 14.4. The lowest BCUT2D eigenvalue weighted by atomic mass is 9.86. The highest BCUT2D eigenvalue weighted by Gasteiger charge is 2.29. The van der Waals surface area contributed by atoms with E-state index in [-0.39, 0.29) is 22.8 Å². The lowest BCUT2D eigenvalue weighted by Crippen LogP contribution is -2.38. The van der Waals surface area contributed by atoms with Crippen LogP contribution in [-0.2, 0) is 19.6 Å². The molecule has 0 aliphatic heterocycles. The number of methoxy groups -OCH3 is 1. The molecule has 0 amide bonds. The molecule has 30 heavy (non-hydrogen) atoms. The number of carbonyl (C=O) groups is 1. The molecule has 0 unspecified atom stereocenters. The van der Waals surface area contributed by atoms with E-state index in [2.05, 4.69) is 21.9 Å². The number of hydrogen-bond acceptors (Lipinski definition) is 5. The summed E-state index contributed by atoms with van der Waals surface area (Å²) < 4.78 is 33.3. The Morgan fingerprint density at radius 2 is 1.73 bits per heavy atom. The van der Waals surface area contributed by atoms with E-state index < -0.39 is 10.0 Å². The third-order valence-corrected chi connectivity index (χ3v) is 6.79. The quantitative estimate of drug-likeness (QED) is 0.567. The van der Waals surface area contributed by atoms with Gasteiger partial charge in [0.15, 0.2) is 0 Å². The van der Waals surface area contributed by atoms with E-state index in [9.17, 15) is 13.2 Å². The van der Waals surface area contributed by atoms with Crippen LogP contribution in [0.2, 0.25) is 0 Å². The highest BCUT2D eigenvalue weighted by molar-refractivity contribution is 7.89. The molecule has 2 N–H and O–H groups in total. The molecule has 2 aromatic carbocycles. The number of rotatable bonds is 5. The molecule has 0 atom stereocenters. The molecule has 1 saturated carbocycles. The first kappa shape index (κ1) is 21.9. The number of esters is 1. The smallest absolute Gasteiger partial charge is 0.308 e.